The minimum absolute atomic E-state index is 0.122. The lowest BCUT2D eigenvalue weighted by Gasteiger charge is -2.30. The molecule has 4 rings (SSSR count). The lowest BCUT2D eigenvalue weighted by molar-refractivity contribution is -0.127. The van der Waals surface area contributed by atoms with Crippen LogP contribution in [0.1, 0.15) is 34.5 Å². The summed E-state index contributed by atoms with van der Waals surface area (Å²) in [5.74, 6) is -0.544. The minimum atomic E-state index is -0.343. The zero-order chi connectivity index (χ0) is 23.4. The van der Waals surface area contributed by atoms with Gasteiger partial charge in [-0.2, -0.15) is 0 Å². The first-order valence-corrected chi connectivity index (χ1v) is 11.7. The molecule has 0 bridgehead atoms. The van der Waals surface area contributed by atoms with Gasteiger partial charge in [-0.25, -0.2) is 0 Å². The number of rotatable bonds is 6. The zero-order valence-corrected chi connectivity index (χ0v) is 19.1. The SMILES string of the molecule is Cc1ccc(/C=C2\SC(=O)N(CCNC(=O)C3CCN(C(=O)c4ccco4)CC3)C2=O)cc1. The van der Waals surface area contributed by atoms with Crippen LogP contribution in [0.4, 0.5) is 4.79 Å². The highest BCUT2D eigenvalue weighted by Gasteiger charge is 2.35. The number of carbonyl (C=O) groups excluding carboxylic acids is 4. The summed E-state index contributed by atoms with van der Waals surface area (Å²) >= 11 is 0.910. The fourth-order valence-corrected chi connectivity index (χ4v) is 4.71. The van der Waals surface area contributed by atoms with Crippen molar-refractivity contribution < 1.29 is 23.6 Å². The lowest BCUT2D eigenvalue weighted by Crippen LogP contribution is -2.44. The quantitative estimate of drug-likeness (QED) is 0.655. The molecule has 1 aromatic carbocycles. The van der Waals surface area contributed by atoms with Gasteiger partial charge < -0.3 is 14.6 Å². The van der Waals surface area contributed by atoms with Crippen molar-refractivity contribution in [3.63, 3.8) is 0 Å². The Hall–Kier alpha value is -3.33. The van der Waals surface area contributed by atoms with Gasteiger partial charge in [0.15, 0.2) is 5.76 Å². The van der Waals surface area contributed by atoms with Crippen LogP contribution in [0.5, 0.6) is 0 Å². The number of nitrogens with zero attached hydrogens (tertiary/aromatic N) is 2. The first-order valence-electron chi connectivity index (χ1n) is 10.8. The molecule has 33 heavy (non-hydrogen) atoms. The summed E-state index contributed by atoms with van der Waals surface area (Å²) in [6.45, 7) is 3.25. The molecule has 9 heteroatoms. The third-order valence-electron chi connectivity index (χ3n) is 5.77. The molecule has 2 fully saturated rings. The molecule has 0 aliphatic carbocycles. The highest BCUT2D eigenvalue weighted by atomic mass is 32.2. The maximum absolute atomic E-state index is 12.6. The molecule has 3 heterocycles. The topological polar surface area (TPSA) is 99.9 Å². The van der Waals surface area contributed by atoms with E-state index in [0.29, 0.717) is 36.6 Å². The zero-order valence-electron chi connectivity index (χ0n) is 18.3. The number of thioether (sulfide) groups is 1. The molecule has 2 aliphatic rings. The van der Waals surface area contributed by atoms with Gasteiger partial charge in [0.1, 0.15) is 0 Å². The summed E-state index contributed by atoms with van der Waals surface area (Å²) in [7, 11) is 0. The Labute approximate surface area is 196 Å². The molecule has 4 amide bonds. The Morgan fingerprint density at radius 1 is 1.15 bits per heavy atom. The molecule has 2 saturated heterocycles. The van der Waals surface area contributed by atoms with E-state index in [-0.39, 0.29) is 42.0 Å². The van der Waals surface area contributed by atoms with Crippen LogP contribution >= 0.6 is 11.8 Å². The van der Waals surface area contributed by atoms with Gasteiger partial charge in [0.25, 0.3) is 17.1 Å². The minimum Gasteiger partial charge on any atom is -0.459 e. The Morgan fingerprint density at radius 2 is 1.88 bits per heavy atom. The fourth-order valence-electron chi connectivity index (χ4n) is 3.84. The predicted octanol–water partition coefficient (Wildman–Crippen LogP) is 3.29. The number of carbonyl (C=O) groups is 4. The van der Waals surface area contributed by atoms with Crippen molar-refractivity contribution in [1.82, 2.24) is 15.1 Å². The molecule has 0 radical (unpaired) electrons. The number of likely N-dealkylation sites (tertiary alicyclic amines) is 1. The Balaban J connectivity index is 1.23. The van der Waals surface area contributed by atoms with Gasteiger partial charge >= 0.3 is 0 Å². The van der Waals surface area contributed by atoms with Gasteiger partial charge in [0.05, 0.1) is 11.2 Å². The van der Waals surface area contributed by atoms with E-state index in [0.717, 1.165) is 27.8 Å². The van der Waals surface area contributed by atoms with Gasteiger partial charge in [-0.05, 0) is 55.3 Å². The van der Waals surface area contributed by atoms with E-state index < -0.39 is 0 Å². The summed E-state index contributed by atoms with van der Waals surface area (Å²) in [6, 6.07) is 11.0. The largest absolute Gasteiger partial charge is 0.459 e. The van der Waals surface area contributed by atoms with Crippen LogP contribution in [0, 0.1) is 12.8 Å². The number of hydrogen-bond acceptors (Lipinski definition) is 6. The highest BCUT2D eigenvalue weighted by molar-refractivity contribution is 8.18. The van der Waals surface area contributed by atoms with Crippen LogP contribution in [0.3, 0.4) is 0 Å². The van der Waals surface area contributed by atoms with E-state index in [1.165, 1.54) is 6.26 Å². The number of imide groups is 1. The van der Waals surface area contributed by atoms with E-state index in [1.807, 2.05) is 31.2 Å². The summed E-state index contributed by atoms with van der Waals surface area (Å²) in [5.41, 5.74) is 1.97. The summed E-state index contributed by atoms with van der Waals surface area (Å²) in [5, 5.41) is 2.49. The summed E-state index contributed by atoms with van der Waals surface area (Å²) in [4.78, 5) is 53.0. The standard InChI is InChI=1S/C24H25N3O5S/c1-16-4-6-17(7-5-16)15-20-23(30)27(24(31)33-20)13-10-25-21(28)18-8-11-26(12-9-18)22(29)19-3-2-14-32-19/h2-7,14-15,18H,8-13H2,1H3,(H,25,28)/b20-15-. The van der Waals surface area contributed by atoms with E-state index in [2.05, 4.69) is 5.32 Å². The monoisotopic (exact) mass is 467 g/mol. The smallest absolute Gasteiger partial charge is 0.293 e. The van der Waals surface area contributed by atoms with Gasteiger partial charge in [-0.3, -0.25) is 24.1 Å². The Kier molecular flexibility index (Phi) is 6.98. The second kappa shape index (κ2) is 10.1. The van der Waals surface area contributed by atoms with Crippen molar-refractivity contribution in [2.24, 2.45) is 5.92 Å². The summed E-state index contributed by atoms with van der Waals surface area (Å²) in [6.07, 6.45) is 4.28. The number of aryl methyl sites for hydroxylation is 1. The molecule has 1 aromatic heterocycles. The van der Waals surface area contributed by atoms with Crippen molar-refractivity contribution in [2.75, 3.05) is 26.2 Å². The second-order valence-corrected chi connectivity index (χ2v) is 9.07. The molecule has 8 nitrogen and oxygen atoms in total. The molecular formula is C24H25N3O5S. The number of furan rings is 1. The number of benzene rings is 1. The molecule has 2 aromatic rings. The van der Waals surface area contributed by atoms with Crippen molar-refractivity contribution >= 4 is 40.8 Å². The van der Waals surface area contributed by atoms with Crippen LogP contribution in [0.25, 0.3) is 6.08 Å². The molecule has 0 saturated carbocycles. The van der Waals surface area contributed by atoms with Crippen molar-refractivity contribution in [1.29, 1.82) is 0 Å². The second-order valence-electron chi connectivity index (χ2n) is 8.08. The predicted molar refractivity (Wildman–Crippen MR) is 124 cm³/mol. The van der Waals surface area contributed by atoms with E-state index >= 15 is 0 Å². The van der Waals surface area contributed by atoms with E-state index in [1.54, 1.807) is 23.1 Å². The van der Waals surface area contributed by atoms with Crippen molar-refractivity contribution in [2.45, 2.75) is 19.8 Å². The molecule has 2 aliphatic heterocycles. The van der Waals surface area contributed by atoms with Crippen LogP contribution in [0.2, 0.25) is 0 Å². The van der Waals surface area contributed by atoms with Gasteiger partial charge in [0.2, 0.25) is 5.91 Å². The third-order valence-corrected chi connectivity index (χ3v) is 6.68. The van der Waals surface area contributed by atoms with Gasteiger partial charge in [0, 0.05) is 32.1 Å². The average Bonchev–Trinajstić information content (AvgIpc) is 3.45. The van der Waals surface area contributed by atoms with Crippen molar-refractivity contribution in [3.8, 4) is 0 Å². The molecule has 172 valence electrons. The first-order chi connectivity index (χ1) is 15.9. The van der Waals surface area contributed by atoms with Crippen LogP contribution < -0.4 is 5.32 Å². The summed E-state index contributed by atoms with van der Waals surface area (Å²) < 4.78 is 5.15. The van der Waals surface area contributed by atoms with Crippen LogP contribution in [-0.2, 0) is 9.59 Å². The number of piperidine rings is 1. The van der Waals surface area contributed by atoms with Crippen LogP contribution in [0.15, 0.2) is 52.0 Å². The van der Waals surface area contributed by atoms with Gasteiger partial charge in [-0.1, -0.05) is 29.8 Å². The maximum atomic E-state index is 12.6. The van der Waals surface area contributed by atoms with Crippen LogP contribution in [-0.4, -0.2) is 58.9 Å². The normalized spacial score (nSPS) is 18.3. The van der Waals surface area contributed by atoms with E-state index in [4.69, 9.17) is 4.42 Å². The number of amides is 4. The molecule has 0 atom stereocenters. The lowest BCUT2D eigenvalue weighted by atomic mass is 9.95. The third kappa shape index (κ3) is 5.36. The molecule has 0 spiro atoms. The first kappa shape index (κ1) is 22.8. The Morgan fingerprint density at radius 3 is 2.55 bits per heavy atom. The Bertz CT molecular complexity index is 1070. The average molecular weight is 468 g/mol. The highest BCUT2D eigenvalue weighted by Crippen LogP contribution is 2.32. The van der Waals surface area contributed by atoms with Gasteiger partial charge in [-0.15, -0.1) is 0 Å². The number of hydrogen-bond donors (Lipinski definition) is 1. The molecule has 1 N–H and O–H groups in total. The molecule has 0 unspecified atom stereocenters. The molecular weight excluding hydrogens is 442 g/mol. The maximum Gasteiger partial charge on any atom is 0.293 e. The van der Waals surface area contributed by atoms with E-state index in [9.17, 15) is 19.2 Å². The van der Waals surface area contributed by atoms with Crippen molar-refractivity contribution in [3.05, 3.63) is 64.5 Å². The number of nitrogens with one attached hydrogen (secondary N) is 1. The fraction of sp³-hybridized carbons (Fsp3) is 0.333.